The number of amides is 2. The van der Waals surface area contributed by atoms with Crippen LogP contribution in [0.2, 0.25) is 5.02 Å². The SMILES string of the molecule is COc1ccc(OC)c(N2C[C@@H](C(=O)OCC(=O)Nc3ccccc3Cl)CC2=O)c1. The molecule has 1 aliphatic rings. The molecule has 0 bridgehead atoms. The second-order valence-electron chi connectivity index (χ2n) is 6.58. The Morgan fingerprint density at radius 2 is 1.93 bits per heavy atom. The zero-order valence-electron chi connectivity index (χ0n) is 16.5. The maximum atomic E-state index is 12.5. The number of rotatable bonds is 7. The molecule has 1 heterocycles. The van der Waals surface area contributed by atoms with Crippen LogP contribution in [-0.2, 0) is 19.1 Å². The van der Waals surface area contributed by atoms with Gasteiger partial charge in [0.2, 0.25) is 5.91 Å². The van der Waals surface area contributed by atoms with Crippen molar-refractivity contribution < 1.29 is 28.6 Å². The highest BCUT2D eigenvalue weighted by Gasteiger charge is 2.37. The minimum Gasteiger partial charge on any atom is -0.497 e. The van der Waals surface area contributed by atoms with E-state index in [2.05, 4.69) is 5.32 Å². The first-order chi connectivity index (χ1) is 14.4. The molecule has 9 heteroatoms. The highest BCUT2D eigenvalue weighted by molar-refractivity contribution is 6.33. The molecule has 0 spiro atoms. The van der Waals surface area contributed by atoms with Gasteiger partial charge in [0.1, 0.15) is 11.5 Å². The van der Waals surface area contributed by atoms with Gasteiger partial charge < -0.3 is 24.4 Å². The predicted octanol–water partition coefficient (Wildman–Crippen LogP) is 2.89. The lowest BCUT2D eigenvalue weighted by molar-refractivity contribution is -0.151. The van der Waals surface area contributed by atoms with Gasteiger partial charge in [0.25, 0.3) is 5.91 Å². The normalized spacial score (nSPS) is 15.6. The van der Waals surface area contributed by atoms with Gasteiger partial charge in [-0.1, -0.05) is 23.7 Å². The van der Waals surface area contributed by atoms with E-state index in [0.717, 1.165) is 0 Å². The molecule has 2 aromatic rings. The van der Waals surface area contributed by atoms with E-state index >= 15 is 0 Å². The van der Waals surface area contributed by atoms with Crippen molar-refractivity contribution in [3.05, 3.63) is 47.5 Å². The fraction of sp³-hybridized carbons (Fsp3) is 0.286. The van der Waals surface area contributed by atoms with Gasteiger partial charge in [-0.2, -0.15) is 0 Å². The Kier molecular flexibility index (Phi) is 6.79. The second kappa shape index (κ2) is 9.49. The maximum Gasteiger partial charge on any atom is 0.311 e. The van der Waals surface area contributed by atoms with Crippen molar-refractivity contribution >= 4 is 40.8 Å². The predicted molar refractivity (Wildman–Crippen MR) is 111 cm³/mol. The van der Waals surface area contributed by atoms with Crippen molar-refractivity contribution in [3.63, 3.8) is 0 Å². The van der Waals surface area contributed by atoms with Gasteiger partial charge in [-0.15, -0.1) is 0 Å². The highest BCUT2D eigenvalue weighted by atomic mass is 35.5. The lowest BCUT2D eigenvalue weighted by Crippen LogP contribution is -2.28. The van der Waals surface area contributed by atoms with Crippen LogP contribution in [-0.4, -0.2) is 45.2 Å². The topological polar surface area (TPSA) is 94.2 Å². The molecule has 2 aromatic carbocycles. The van der Waals surface area contributed by atoms with Crippen molar-refractivity contribution in [1.29, 1.82) is 0 Å². The molecule has 8 nitrogen and oxygen atoms in total. The van der Waals surface area contributed by atoms with Crippen LogP contribution in [0, 0.1) is 5.92 Å². The van der Waals surface area contributed by atoms with Gasteiger partial charge in [-0.05, 0) is 24.3 Å². The monoisotopic (exact) mass is 432 g/mol. The number of carbonyl (C=O) groups is 3. The van der Waals surface area contributed by atoms with E-state index in [4.69, 9.17) is 25.8 Å². The van der Waals surface area contributed by atoms with Crippen molar-refractivity contribution in [2.75, 3.05) is 37.6 Å². The molecular formula is C21H21ClN2O6. The molecule has 1 aliphatic heterocycles. The first kappa shape index (κ1) is 21.4. The first-order valence-corrected chi connectivity index (χ1v) is 9.54. The van der Waals surface area contributed by atoms with Gasteiger partial charge in [-0.3, -0.25) is 14.4 Å². The Balaban J connectivity index is 1.60. The van der Waals surface area contributed by atoms with Crippen molar-refractivity contribution in [2.45, 2.75) is 6.42 Å². The van der Waals surface area contributed by atoms with E-state index in [9.17, 15) is 14.4 Å². The fourth-order valence-electron chi connectivity index (χ4n) is 3.11. The number of nitrogens with one attached hydrogen (secondary N) is 1. The Morgan fingerprint density at radius 3 is 2.63 bits per heavy atom. The highest BCUT2D eigenvalue weighted by Crippen LogP contribution is 2.36. The number of esters is 1. The van der Waals surface area contributed by atoms with Crippen LogP contribution in [0.1, 0.15) is 6.42 Å². The van der Waals surface area contributed by atoms with Crippen molar-refractivity contribution in [2.24, 2.45) is 5.92 Å². The summed E-state index contributed by atoms with van der Waals surface area (Å²) in [6, 6.07) is 11.8. The number of ether oxygens (including phenoxy) is 3. The summed E-state index contributed by atoms with van der Waals surface area (Å²) in [5, 5.41) is 2.95. The minimum atomic E-state index is -0.693. The van der Waals surface area contributed by atoms with Gasteiger partial charge >= 0.3 is 5.97 Å². The summed E-state index contributed by atoms with van der Waals surface area (Å²) in [6.07, 6.45) is -0.0225. The fourth-order valence-corrected chi connectivity index (χ4v) is 3.29. The standard InChI is InChI=1S/C21H21ClN2O6/c1-28-14-7-8-18(29-2)17(10-14)24-11-13(9-20(24)26)21(27)30-12-19(25)23-16-6-4-3-5-15(16)22/h3-8,10,13H,9,11-12H2,1-2H3,(H,23,25)/t13-/m0/s1. The Hall–Kier alpha value is -3.26. The zero-order valence-corrected chi connectivity index (χ0v) is 17.3. The van der Waals surface area contributed by atoms with Crippen molar-refractivity contribution in [1.82, 2.24) is 0 Å². The summed E-state index contributed by atoms with van der Waals surface area (Å²) < 4.78 is 15.6. The number of benzene rings is 2. The Morgan fingerprint density at radius 1 is 1.17 bits per heavy atom. The number of anilines is 2. The number of hydrogen-bond donors (Lipinski definition) is 1. The van der Waals surface area contributed by atoms with E-state index in [1.807, 2.05) is 0 Å². The summed E-state index contributed by atoms with van der Waals surface area (Å²) >= 11 is 5.99. The first-order valence-electron chi connectivity index (χ1n) is 9.16. The molecule has 3 rings (SSSR count). The number of methoxy groups -OCH3 is 2. The third-order valence-corrected chi connectivity index (χ3v) is 4.96. The summed E-state index contributed by atoms with van der Waals surface area (Å²) in [5.74, 6) is -1.04. The Bertz CT molecular complexity index is 964. The molecule has 0 aliphatic carbocycles. The molecule has 1 N–H and O–H groups in total. The van der Waals surface area contributed by atoms with Gasteiger partial charge in [0.05, 0.1) is 36.5 Å². The Labute approximate surface area is 178 Å². The van der Waals surface area contributed by atoms with E-state index < -0.39 is 24.4 Å². The van der Waals surface area contributed by atoms with Crippen LogP contribution in [0.25, 0.3) is 0 Å². The quantitative estimate of drug-likeness (QED) is 0.676. The molecule has 0 unspecified atom stereocenters. The van der Waals surface area contributed by atoms with Crippen LogP contribution < -0.4 is 19.7 Å². The molecule has 1 fully saturated rings. The number of nitrogens with zero attached hydrogens (tertiary/aromatic N) is 1. The molecule has 158 valence electrons. The van der Waals surface area contributed by atoms with Crippen LogP contribution in [0.4, 0.5) is 11.4 Å². The number of hydrogen-bond acceptors (Lipinski definition) is 6. The molecule has 0 aromatic heterocycles. The molecule has 1 saturated heterocycles. The van der Waals surface area contributed by atoms with Gasteiger partial charge in [0.15, 0.2) is 6.61 Å². The van der Waals surface area contributed by atoms with Gasteiger partial charge in [-0.25, -0.2) is 0 Å². The molecule has 2 amide bonds. The molecule has 30 heavy (non-hydrogen) atoms. The van der Waals surface area contributed by atoms with E-state index in [1.54, 1.807) is 42.5 Å². The van der Waals surface area contributed by atoms with E-state index in [-0.39, 0.29) is 18.9 Å². The minimum absolute atomic E-state index is 0.0225. The lowest BCUT2D eigenvalue weighted by Gasteiger charge is -2.20. The summed E-state index contributed by atoms with van der Waals surface area (Å²) in [4.78, 5) is 38.4. The number of carbonyl (C=O) groups excluding carboxylic acids is 3. The van der Waals surface area contributed by atoms with E-state index in [1.165, 1.54) is 19.1 Å². The second-order valence-corrected chi connectivity index (χ2v) is 6.99. The average Bonchev–Trinajstić information content (AvgIpc) is 3.14. The van der Waals surface area contributed by atoms with Gasteiger partial charge in [0, 0.05) is 19.0 Å². The van der Waals surface area contributed by atoms with E-state index in [0.29, 0.717) is 27.9 Å². The smallest absolute Gasteiger partial charge is 0.311 e. The summed E-state index contributed by atoms with van der Waals surface area (Å²) in [5.41, 5.74) is 0.932. The molecule has 1 atom stereocenters. The third kappa shape index (κ3) is 4.83. The van der Waals surface area contributed by atoms with Crippen molar-refractivity contribution in [3.8, 4) is 11.5 Å². The molecule has 0 saturated carbocycles. The zero-order chi connectivity index (χ0) is 21.7. The van der Waals surface area contributed by atoms with Crippen LogP contribution >= 0.6 is 11.6 Å². The number of para-hydroxylation sites is 1. The van der Waals surface area contributed by atoms with Crippen LogP contribution in [0.15, 0.2) is 42.5 Å². The number of halogens is 1. The average molecular weight is 433 g/mol. The molecule has 0 radical (unpaired) electrons. The van der Waals surface area contributed by atoms with Crippen LogP contribution in [0.5, 0.6) is 11.5 Å². The third-order valence-electron chi connectivity index (χ3n) is 4.63. The maximum absolute atomic E-state index is 12.5. The summed E-state index contributed by atoms with van der Waals surface area (Å²) in [6.45, 7) is -0.357. The molecular weight excluding hydrogens is 412 g/mol. The summed E-state index contributed by atoms with van der Waals surface area (Å²) in [7, 11) is 3.01. The lowest BCUT2D eigenvalue weighted by atomic mass is 10.1. The largest absolute Gasteiger partial charge is 0.497 e. The van der Waals surface area contributed by atoms with Crippen LogP contribution in [0.3, 0.4) is 0 Å².